The van der Waals surface area contributed by atoms with Gasteiger partial charge in [0.1, 0.15) is 0 Å². The molecule has 0 spiro atoms. The van der Waals surface area contributed by atoms with Crippen LogP contribution in [0.1, 0.15) is 19.8 Å². The van der Waals surface area contributed by atoms with Crippen molar-refractivity contribution in [1.82, 2.24) is 14.1 Å². The van der Waals surface area contributed by atoms with Crippen LogP contribution in [0.25, 0.3) is 4.96 Å². The van der Waals surface area contributed by atoms with Crippen LogP contribution in [0.4, 0.5) is 5.82 Å². The number of hydrogen-bond donors (Lipinski definition) is 3. The van der Waals surface area contributed by atoms with Gasteiger partial charge >= 0.3 is 0 Å². The summed E-state index contributed by atoms with van der Waals surface area (Å²) in [6.45, 7) is 2.40. The average Bonchev–Trinajstić information content (AvgIpc) is 2.87. The highest BCUT2D eigenvalue weighted by atomic mass is 32.2. The SMILES string of the molecule is CCCCNS(=O)(=O)c1c(NN)nc2sccn12. The van der Waals surface area contributed by atoms with E-state index in [1.54, 1.807) is 11.6 Å². The van der Waals surface area contributed by atoms with Crippen LogP contribution in [0.2, 0.25) is 0 Å². The number of anilines is 1. The van der Waals surface area contributed by atoms with Gasteiger partial charge in [-0.3, -0.25) is 4.40 Å². The molecule has 0 saturated heterocycles. The van der Waals surface area contributed by atoms with Crippen molar-refractivity contribution in [2.45, 2.75) is 24.8 Å². The zero-order chi connectivity index (χ0) is 13.2. The van der Waals surface area contributed by atoms with Crippen LogP contribution in [0.3, 0.4) is 0 Å². The van der Waals surface area contributed by atoms with Crippen molar-refractivity contribution in [2.24, 2.45) is 5.84 Å². The van der Waals surface area contributed by atoms with Crippen LogP contribution in [0.15, 0.2) is 16.6 Å². The number of nitrogens with one attached hydrogen (secondary N) is 2. The molecule has 2 rings (SSSR count). The fourth-order valence-electron chi connectivity index (χ4n) is 1.57. The fourth-order valence-corrected chi connectivity index (χ4v) is 3.65. The highest BCUT2D eigenvalue weighted by Gasteiger charge is 2.25. The molecule has 0 saturated carbocycles. The summed E-state index contributed by atoms with van der Waals surface area (Å²) in [5.41, 5.74) is 2.32. The van der Waals surface area contributed by atoms with E-state index in [1.807, 2.05) is 6.92 Å². The third-order valence-corrected chi connectivity index (χ3v) is 4.67. The first-order chi connectivity index (χ1) is 8.60. The molecule has 0 aromatic carbocycles. The fraction of sp³-hybridized carbons (Fsp3) is 0.444. The van der Waals surface area contributed by atoms with Crippen molar-refractivity contribution in [3.63, 3.8) is 0 Å². The standard InChI is InChI=1S/C9H15N5O2S2/c1-2-3-4-11-18(15,16)8-7(13-10)12-9-14(8)5-6-17-9/h5-6,11,13H,2-4,10H2,1H3. The molecule has 0 radical (unpaired) electrons. The number of rotatable bonds is 6. The first kappa shape index (κ1) is 13.3. The third-order valence-electron chi connectivity index (χ3n) is 2.43. The Balaban J connectivity index is 2.41. The van der Waals surface area contributed by atoms with E-state index < -0.39 is 10.0 Å². The zero-order valence-electron chi connectivity index (χ0n) is 9.88. The molecular formula is C9H15N5O2S2. The number of aromatic nitrogens is 2. The Morgan fingerprint density at radius 1 is 1.56 bits per heavy atom. The number of nitrogens with two attached hydrogens (primary N) is 1. The topological polar surface area (TPSA) is 102 Å². The average molecular weight is 289 g/mol. The molecule has 0 amide bonds. The van der Waals surface area contributed by atoms with Gasteiger partial charge in [0.15, 0.2) is 10.8 Å². The second kappa shape index (κ2) is 5.22. The number of fused-ring (bicyclic) bond motifs is 1. The minimum Gasteiger partial charge on any atom is -0.306 e. The van der Waals surface area contributed by atoms with Crippen molar-refractivity contribution >= 4 is 32.1 Å². The normalized spacial score (nSPS) is 12.1. The molecule has 0 bridgehead atoms. The van der Waals surface area contributed by atoms with Crippen LogP contribution in [-0.4, -0.2) is 24.3 Å². The quantitative estimate of drug-likeness (QED) is 0.414. The Morgan fingerprint density at radius 3 is 3.00 bits per heavy atom. The van der Waals surface area contributed by atoms with Crippen molar-refractivity contribution in [3.05, 3.63) is 11.6 Å². The molecule has 2 aromatic heterocycles. The smallest absolute Gasteiger partial charge is 0.260 e. The van der Waals surface area contributed by atoms with Gasteiger partial charge < -0.3 is 5.43 Å². The van der Waals surface area contributed by atoms with Crippen molar-refractivity contribution in [2.75, 3.05) is 12.0 Å². The molecule has 9 heteroatoms. The summed E-state index contributed by atoms with van der Waals surface area (Å²) in [6.07, 6.45) is 3.36. The van der Waals surface area contributed by atoms with Gasteiger partial charge in [0.2, 0.25) is 5.03 Å². The lowest BCUT2D eigenvalue weighted by atomic mass is 10.3. The predicted molar refractivity (Wildman–Crippen MR) is 71.0 cm³/mol. The molecule has 0 aliphatic carbocycles. The van der Waals surface area contributed by atoms with Gasteiger partial charge in [-0.25, -0.2) is 19.0 Å². The number of nitrogen functional groups attached to an aromatic ring is 1. The Labute approximate surface area is 109 Å². The Morgan fingerprint density at radius 2 is 2.33 bits per heavy atom. The number of sulfonamides is 1. The second-order valence-electron chi connectivity index (χ2n) is 3.72. The number of nitrogens with zero attached hydrogens (tertiary/aromatic N) is 2. The predicted octanol–water partition coefficient (Wildman–Crippen LogP) is 0.760. The second-order valence-corrected chi connectivity index (χ2v) is 6.27. The van der Waals surface area contributed by atoms with E-state index in [0.717, 1.165) is 12.8 Å². The molecule has 7 nitrogen and oxygen atoms in total. The number of hydrogen-bond acceptors (Lipinski definition) is 6. The minimum absolute atomic E-state index is 0.0531. The van der Waals surface area contributed by atoms with Gasteiger partial charge in [-0.05, 0) is 6.42 Å². The largest absolute Gasteiger partial charge is 0.306 e. The van der Waals surface area contributed by atoms with E-state index in [4.69, 9.17) is 5.84 Å². The lowest BCUT2D eigenvalue weighted by Gasteiger charge is -2.06. The molecule has 0 fully saturated rings. The Bertz CT molecular complexity index is 630. The maximum atomic E-state index is 12.2. The molecular weight excluding hydrogens is 274 g/mol. The number of hydrazine groups is 1. The van der Waals surface area contributed by atoms with Crippen LogP contribution in [-0.2, 0) is 10.0 Å². The summed E-state index contributed by atoms with van der Waals surface area (Å²) in [5.74, 6) is 5.47. The number of unbranched alkanes of at least 4 members (excludes halogenated alkanes) is 1. The van der Waals surface area contributed by atoms with E-state index in [-0.39, 0.29) is 10.8 Å². The van der Waals surface area contributed by atoms with Crippen LogP contribution in [0, 0.1) is 0 Å². The Kier molecular flexibility index (Phi) is 3.85. The third kappa shape index (κ3) is 2.34. The molecule has 0 atom stereocenters. The van der Waals surface area contributed by atoms with Crippen LogP contribution in [0.5, 0.6) is 0 Å². The van der Waals surface area contributed by atoms with E-state index >= 15 is 0 Å². The molecule has 100 valence electrons. The maximum Gasteiger partial charge on any atom is 0.260 e. The van der Waals surface area contributed by atoms with Gasteiger partial charge in [-0.2, -0.15) is 4.98 Å². The summed E-state index contributed by atoms with van der Waals surface area (Å²) in [6, 6.07) is 0. The van der Waals surface area contributed by atoms with E-state index in [2.05, 4.69) is 15.1 Å². The van der Waals surface area contributed by atoms with Gasteiger partial charge in [0.25, 0.3) is 10.0 Å². The summed E-state index contributed by atoms with van der Waals surface area (Å²) < 4.78 is 28.4. The summed E-state index contributed by atoms with van der Waals surface area (Å²) in [5, 5.41) is 1.82. The summed E-state index contributed by atoms with van der Waals surface area (Å²) >= 11 is 1.35. The molecule has 0 aliphatic rings. The van der Waals surface area contributed by atoms with Crippen LogP contribution >= 0.6 is 11.3 Å². The van der Waals surface area contributed by atoms with E-state index in [0.29, 0.717) is 11.5 Å². The molecule has 0 aliphatic heterocycles. The highest BCUT2D eigenvalue weighted by molar-refractivity contribution is 7.89. The lowest BCUT2D eigenvalue weighted by molar-refractivity contribution is 0.574. The monoisotopic (exact) mass is 289 g/mol. The summed E-state index contributed by atoms with van der Waals surface area (Å²) in [7, 11) is -3.61. The number of thiazole rings is 1. The zero-order valence-corrected chi connectivity index (χ0v) is 11.5. The lowest BCUT2D eigenvalue weighted by Crippen LogP contribution is -2.27. The van der Waals surface area contributed by atoms with Gasteiger partial charge in [-0.15, -0.1) is 11.3 Å². The molecule has 4 N–H and O–H groups in total. The molecule has 2 aromatic rings. The minimum atomic E-state index is -3.61. The van der Waals surface area contributed by atoms with Crippen molar-refractivity contribution in [3.8, 4) is 0 Å². The van der Waals surface area contributed by atoms with E-state index in [1.165, 1.54) is 15.7 Å². The van der Waals surface area contributed by atoms with Crippen molar-refractivity contribution < 1.29 is 8.42 Å². The molecule has 18 heavy (non-hydrogen) atoms. The molecule has 0 unspecified atom stereocenters. The summed E-state index contributed by atoms with van der Waals surface area (Å²) in [4.78, 5) is 4.69. The first-order valence-corrected chi connectivity index (χ1v) is 7.88. The van der Waals surface area contributed by atoms with Gasteiger partial charge in [0, 0.05) is 18.1 Å². The van der Waals surface area contributed by atoms with E-state index in [9.17, 15) is 8.42 Å². The highest BCUT2D eigenvalue weighted by Crippen LogP contribution is 2.24. The Hall–Kier alpha value is -1.16. The number of imidazole rings is 1. The van der Waals surface area contributed by atoms with Crippen LogP contribution < -0.4 is 16.0 Å². The first-order valence-electron chi connectivity index (χ1n) is 5.52. The van der Waals surface area contributed by atoms with Gasteiger partial charge in [-0.1, -0.05) is 13.3 Å². The molecule has 2 heterocycles. The van der Waals surface area contributed by atoms with Gasteiger partial charge in [0.05, 0.1) is 0 Å². The van der Waals surface area contributed by atoms with Crippen molar-refractivity contribution in [1.29, 1.82) is 0 Å². The maximum absolute atomic E-state index is 12.2.